The predicted octanol–water partition coefficient (Wildman–Crippen LogP) is 0.517. The molecule has 94 valence electrons. The lowest BCUT2D eigenvalue weighted by molar-refractivity contribution is 0.110. The van der Waals surface area contributed by atoms with E-state index in [4.69, 9.17) is 4.74 Å². The number of hydrogen-bond acceptors (Lipinski definition) is 6. The molecule has 1 N–H and O–H groups in total. The molecule has 1 atom stereocenters. The van der Waals surface area contributed by atoms with E-state index >= 15 is 0 Å². The van der Waals surface area contributed by atoms with E-state index in [1.165, 1.54) is 12.0 Å². The van der Waals surface area contributed by atoms with Crippen molar-refractivity contribution in [1.29, 1.82) is 0 Å². The van der Waals surface area contributed by atoms with Crippen LogP contribution in [0.3, 0.4) is 0 Å². The molecule has 0 spiro atoms. The second-order valence-corrected chi connectivity index (χ2v) is 4.47. The summed E-state index contributed by atoms with van der Waals surface area (Å²) in [7, 11) is 1.48. The summed E-state index contributed by atoms with van der Waals surface area (Å²) in [5, 5.41) is 18.2. The Labute approximate surface area is 103 Å². The molecule has 0 aromatic carbocycles. The lowest BCUT2D eigenvalue weighted by atomic mass is 10.2. The predicted molar refractivity (Wildman–Crippen MR) is 62.2 cm³/mol. The summed E-state index contributed by atoms with van der Waals surface area (Å²) >= 11 is 1.13. The van der Waals surface area contributed by atoms with Crippen LogP contribution in [0.15, 0.2) is 0 Å². The zero-order valence-corrected chi connectivity index (χ0v) is 10.5. The molecule has 1 aliphatic heterocycles. The smallest absolute Gasteiger partial charge is 0.328 e. The number of aliphatic hydroxyl groups is 1. The summed E-state index contributed by atoms with van der Waals surface area (Å²) in [4.78, 5) is 15.0. The zero-order valence-electron chi connectivity index (χ0n) is 9.66. The van der Waals surface area contributed by atoms with Crippen LogP contribution in [-0.4, -0.2) is 52.7 Å². The van der Waals surface area contributed by atoms with Crippen molar-refractivity contribution < 1.29 is 14.6 Å². The number of aromatic nitrogens is 2. The van der Waals surface area contributed by atoms with Crippen LogP contribution in [-0.2, 0) is 0 Å². The molecule has 1 aromatic rings. The highest BCUT2D eigenvalue weighted by Crippen LogP contribution is 2.29. The lowest BCUT2D eigenvalue weighted by Gasteiger charge is -2.36. The molecule has 0 aliphatic carbocycles. The van der Waals surface area contributed by atoms with Crippen LogP contribution in [0.1, 0.15) is 13.3 Å². The molecular formula is C9H14N4O3S. The van der Waals surface area contributed by atoms with E-state index in [1.54, 1.807) is 4.90 Å². The largest absolute Gasteiger partial charge is 0.472 e. The first-order valence-electron chi connectivity index (χ1n) is 5.31. The summed E-state index contributed by atoms with van der Waals surface area (Å²) in [5.41, 5.74) is 0. The normalized spacial score (nSPS) is 20.9. The highest BCUT2D eigenvalue weighted by Gasteiger charge is 2.34. The number of ether oxygens (including phenoxy) is 1. The first kappa shape index (κ1) is 12.1. The standard InChI is InChI=1S/C9H14N4O3S/c1-3-12-5-4-6(14)13(9(12)15)7-10-11-8(16-2)17-7/h6,14H,3-5H2,1-2H3. The molecule has 1 fully saturated rings. The van der Waals surface area contributed by atoms with Crippen LogP contribution in [0, 0.1) is 0 Å². The van der Waals surface area contributed by atoms with Gasteiger partial charge >= 0.3 is 6.03 Å². The summed E-state index contributed by atoms with van der Waals surface area (Å²) in [6.45, 7) is 3.06. The Kier molecular flexibility index (Phi) is 3.43. The molecule has 7 nitrogen and oxygen atoms in total. The SMILES string of the molecule is CCN1CCC(O)N(c2nnc(OC)s2)C1=O. The van der Waals surface area contributed by atoms with Crippen molar-refractivity contribution >= 4 is 22.5 Å². The van der Waals surface area contributed by atoms with E-state index in [1.807, 2.05) is 6.92 Å². The maximum atomic E-state index is 12.1. The van der Waals surface area contributed by atoms with E-state index in [-0.39, 0.29) is 6.03 Å². The number of carbonyl (C=O) groups excluding carboxylic acids is 1. The molecule has 0 bridgehead atoms. The van der Waals surface area contributed by atoms with Gasteiger partial charge in [-0.15, -0.1) is 5.10 Å². The molecule has 2 heterocycles. The van der Waals surface area contributed by atoms with Crippen LogP contribution in [0.2, 0.25) is 0 Å². The van der Waals surface area contributed by atoms with Gasteiger partial charge in [0.25, 0.3) is 5.19 Å². The van der Waals surface area contributed by atoms with Gasteiger partial charge in [-0.2, -0.15) is 0 Å². The first-order valence-corrected chi connectivity index (χ1v) is 6.12. The maximum Gasteiger partial charge on any atom is 0.328 e. The molecule has 2 amide bonds. The number of urea groups is 1. The molecule has 1 unspecified atom stereocenters. The van der Waals surface area contributed by atoms with Crippen molar-refractivity contribution in [1.82, 2.24) is 15.1 Å². The molecule has 17 heavy (non-hydrogen) atoms. The third kappa shape index (κ3) is 2.18. The Morgan fingerprint density at radius 2 is 2.35 bits per heavy atom. The molecule has 1 saturated heterocycles. The van der Waals surface area contributed by atoms with Crippen LogP contribution < -0.4 is 9.64 Å². The van der Waals surface area contributed by atoms with Gasteiger partial charge < -0.3 is 14.7 Å². The number of hydrogen-bond donors (Lipinski definition) is 1. The van der Waals surface area contributed by atoms with Crippen LogP contribution in [0.5, 0.6) is 5.19 Å². The Morgan fingerprint density at radius 3 is 2.94 bits per heavy atom. The lowest BCUT2D eigenvalue weighted by Crippen LogP contribution is -2.54. The third-order valence-electron chi connectivity index (χ3n) is 2.59. The van der Waals surface area contributed by atoms with E-state index in [9.17, 15) is 9.90 Å². The summed E-state index contributed by atoms with van der Waals surface area (Å²) < 4.78 is 4.92. The van der Waals surface area contributed by atoms with Gasteiger partial charge in [-0.3, -0.25) is 0 Å². The van der Waals surface area contributed by atoms with Crippen molar-refractivity contribution in [3.63, 3.8) is 0 Å². The molecule has 1 aromatic heterocycles. The minimum absolute atomic E-state index is 0.245. The Balaban J connectivity index is 2.24. The highest BCUT2D eigenvalue weighted by atomic mass is 32.1. The number of nitrogens with zero attached hydrogens (tertiary/aromatic N) is 4. The fourth-order valence-electron chi connectivity index (χ4n) is 1.66. The summed E-state index contributed by atoms with van der Waals surface area (Å²) in [5.74, 6) is 0. The monoisotopic (exact) mass is 258 g/mol. The van der Waals surface area contributed by atoms with E-state index < -0.39 is 6.23 Å². The minimum atomic E-state index is -0.844. The van der Waals surface area contributed by atoms with Crippen molar-refractivity contribution in [3.05, 3.63) is 0 Å². The van der Waals surface area contributed by atoms with Gasteiger partial charge in [0.2, 0.25) is 5.13 Å². The Hall–Kier alpha value is -1.41. The van der Waals surface area contributed by atoms with Gasteiger partial charge in [-0.05, 0) is 18.3 Å². The van der Waals surface area contributed by atoms with Crippen molar-refractivity contribution in [2.75, 3.05) is 25.1 Å². The molecule has 0 radical (unpaired) electrons. The number of rotatable bonds is 3. The fraction of sp³-hybridized carbons (Fsp3) is 0.667. The number of amides is 2. The number of methoxy groups -OCH3 is 1. The van der Waals surface area contributed by atoms with E-state index in [0.29, 0.717) is 29.8 Å². The highest BCUT2D eigenvalue weighted by molar-refractivity contribution is 7.17. The van der Waals surface area contributed by atoms with Gasteiger partial charge in [0.05, 0.1) is 7.11 Å². The number of anilines is 1. The molecule has 2 rings (SSSR count). The minimum Gasteiger partial charge on any atom is -0.472 e. The Bertz CT molecular complexity index is 411. The van der Waals surface area contributed by atoms with Gasteiger partial charge in [-0.25, -0.2) is 9.69 Å². The Morgan fingerprint density at radius 1 is 1.59 bits per heavy atom. The summed E-state index contributed by atoms with van der Waals surface area (Å²) in [6, 6.07) is -0.245. The van der Waals surface area contributed by atoms with Crippen LogP contribution in [0.25, 0.3) is 0 Å². The maximum absolute atomic E-state index is 12.1. The van der Waals surface area contributed by atoms with Crippen LogP contribution in [0.4, 0.5) is 9.93 Å². The number of carbonyl (C=O) groups is 1. The van der Waals surface area contributed by atoms with Gasteiger partial charge in [-0.1, -0.05) is 5.10 Å². The van der Waals surface area contributed by atoms with Gasteiger partial charge in [0.15, 0.2) is 0 Å². The quantitative estimate of drug-likeness (QED) is 0.855. The molecular weight excluding hydrogens is 244 g/mol. The molecule has 0 saturated carbocycles. The van der Waals surface area contributed by atoms with Crippen molar-refractivity contribution in [2.45, 2.75) is 19.6 Å². The number of aliphatic hydroxyl groups excluding tert-OH is 1. The second kappa shape index (κ2) is 4.84. The summed E-state index contributed by atoms with van der Waals surface area (Å²) in [6.07, 6.45) is -0.343. The van der Waals surface area contributed by atoms with Crippen molar-refractivity contribution in [2.24, 2.45) is 0 Å². The van der Waals surface area contributed by atoms with Gasteiger partial charge in [0.1, 0.15) is 6.23 Å². The second-order valence-electron chi connectivity index (χ2n) is 3.56. The first-order chi connectivity index (χ1) is 8.17. The average Bonchev–Trinajstić information content (AvgIpc) is 2.78. The van der Waals surface area contributed by atoms with E-state index in [0.717, 1.165) is 11.3 Å². The molecule has 8 heteroatoms. The fourth-order valence-corrected chi connectivity index (χ4v) is 2.36. The van der Waals surface area contributed by atoms with E-state index in [2.05, 4.69) is 10.2 Å². The zero-order chi connectivity index (χ0) is 12.4. The third-order valence-corrected chi connectivity index (χ3v) is 3.47. The molecule has 1 aliphatic rings. The van der Waals surface area contributed by atoms with Crippen LogP contribution >= 0.6 is 11.3 Å². The average molecular weight is 258 g/mol. The van der Waals surface area contributed by atoms with Gasteiger partial charge in [0, 0.05) is 19.5 Å². The van der Waals surface area contributed by atoms with Crippen molar-refractivity contribution in [3.8, 4) is 5.19 Å². The topological polar surface area (TPSA) is 78.8 Å².